The highest BCUT2D eigenvalue weighted by Crippen LogP contribution is 2.38. The molecular weight excluding hydrogens is 298 g/mol. The number of aryl methyl sites for hydroxylation is 1. The SMILES string of the molecule is CCC[C@]1(CO)CCN(c2nc(C)nc3sccc23)C[C@@H]1O. The molecule has 0 radical (unpaired) electrons. The predicted octanol–water partition coefficient (Wildman–Crippen LogP) is 2.35. The molecule has 6 heteroatoms. The van der Waals surface area contributed by atoms with Crippen LogP contribution in [-0.2, 0) is 0 Å². The van der Waals surface area contributed by atoms with Gasteiger partial charge >= 0.3 is 0 Å². The molecule has 0 spiro atoms. The molecule has 0 bridgehead atoms. The highest BCUT2D eigenvalue weighted by molar-refractivity contribution is 7.16. The van der Waals surface area contributed by atoms with Crippen LogP contribution in [0.15, 0.2) is 11.4 Å². The molecule has 1 aliphatic heterocycles. The number of thiophene rings is 1. The van der Waals surface area contributed by atoms with Gasteiger partial charge in [0, 0.05) is 18.5 Å². The van der Waals surface area contributed by atoms with E-state index in [1.54, 1.807) is 11.3 Å². The lowest BCUT2D eigenvalue weighted by Crippen LogP contribution is -2.53. The van der Waals surface area contributed by atoms with Crippen molar-refractivity contribution in [2.24, 2.45) is 5.41 Å². The summed E-state index contributed by atoms with van der Waals surface area (Å²) in [6.07, 6.45) is 2.08. The van der Waals surface area contributed by atoms with E-state index >= 15 is 0 Å². The number of fused-ring (bicyclic) bond motifs is 1. The molecule has 120 valence electrons. The summed E-state index contributed by atoms with van der Waals surface area (Å²) in [5.74, 6) is 1.66. The second kappa shape index (κ2) is 6.10. The average molecular weight is 321 g/mol. The van der Waals surface area contributed by atoms with Crippen LogP contribution in [0.4, 0.5) is 5.82 Å². The molecule has 0 unspecified atom stereocenters. The summed E-state index contributed by atoms with van der Waals surface area (Å²) in [6.45, 7) is 5.37. The summed E-state index contributed by atoms with van der Waals surface area (Å²) in [5.41, 5.74) is -0.360. The van der Waals surface area contributed by atoms with Crippen LogP contribution in [0.1, 0.15) is 32.0 Å². The number of β-amino-alcohol motifs (C(OH)–C–C–N with tert-alkyl or cyclic N) is 1. The molecule has 0 amide bonds. The fourth-order valence-electron chi connectivity index (χ4n) is 3.45. The molecule has 1 aliphatic rings. The second-order valence-corrected chi connectivity index (χ2v) is 7.11. The number of nitrogens with zero attached hydrogens (tertiary/aromatic N) is 3. The Hall–Kier alpha value is -1.24. The van der Waals surface area contributed by atoms with Crippen molar-refractivity contribution >= 4 is 27.4 Å². The molecule has 2 atom stereocenters. The largest absolute Gasteiger partial charge is 0.396 e. The number of aliphatic hydroxyl groups is 2. The van der Waals surface area contributed by atoms with Gasteiger partial charge in [-0.25, -0.2) is 9.97 Å². The first-order chi connectivity index (χ1) is 10.6. The van der Waals surface area contributed by atoms with Gasteiger partial charge in [0.05, 0.1) is 18.1 Å². The maximum atomic E-state index is 10.6. The van der Waals surface area contributed by atoms with Crippen molar-refractivity contribution in [3.05, 3.63) is 17.3 Å². The molecule has 0 saturated carbocycles. The molecule has 2 N–H and O–H groups in total. The van der Waals surface area contributed by atoms with E-state index in [2.05, 4.69) is 21.8 Å². The summed E-state index contributed by atoms with van der Waals surface area (Å²) in [6, 6.07) is 2.04. The van der Waals surface area contributed by atoms with Crippen LogP contribution in [0.25, 0.3) is 10.2 Å². The Balaban J connectivity index is 1.90. The first kappa shape index (κ1) is 15.6. The van der Waals surface area contributed by atoms with Crippen LogP contribution in [0.5, 0.6) is 0 Å². The van der Waals surface area contributed by atoms with Crippen LogP contribution >= 0.6 is 11.3 Å². The standard InChI is InChI=1S/C16H23N3O2S/c1-3-5-16(10-20)6-7-19(9-13(16)21)14-12-4-8-22-15(12)18-11(2)17-14/h4,8,13,20-21H,3,5-7,9-10H2,1-2H3/t13-,16+/m0/s1. The number of piperidine rings is 1. The van der Waals surface area contributed by atoms with E-state index in [0.717, 1.165) is 47.7 Å². The Morgan fingerprint density at radius 3 is 2.95 bits per heavy atom. The lowest BCUT2D eigenvalue weighted by atomic mass is 9.73. The number of aliphatic hydroxyl groups excluding tert-OH is 2. The Bertz CT molecular complexity index is 660. The first-order valence-electron chi connectivity index (χ1n) is 7.85. The van der Waals surface area contributed by atoms with Crippen molar-refractivity contribution in [2.45, 2.75) is 39.2 Å². The monoisotopic (exact) mass is 321 g/mol. The maximum Gasteiger partial charge on any atom is 0.141 e. The third kappa shape index (κ3) is 2.59. The minimum absolute atomic E-state index is 0.0481. The van der Waals surface area contributed by atoms with Gasteiger partial charge in [-0.2, -0.15) is 0 Å². The highest BCUT2D eigenvalue weighted by Gasteiger charge is 2.41. The summed E-state index contributed by atoms with van der Waals surface area (Å²) in [4.78, 5) is 12.2. The summed E-state index contributed by atoms with van der Waals surface area (Å²) in [5, 5.41) is 23.5. The van der Waals surface area contributed by atoms with Crippen molar-refractivity contribution in [1.82, 2.24) is 9.97 Å². The molecule has 22 heavy (non-hydrogen) atoms. The molecule has 1 saturated heterocycles. The van der Waals surface area contributed by atoms with E-state index in [0.29, 0.717) is 6.54 Å². The van der Waals surface area contributed by atoms with E-state index < -0.39 is 6.10 Å². The van der Waals surface area contributed by atoms with Gasteiger partial charge in [0.1, 0.15) is 16.5 Å². The molecule has 2 aromatic heterocycles. The Morgan fingerprint density at radius 1 is 1.45 bits per heavy atom. The Morgan fingerprint density at radius 2 is 2.27 bits per heavy atom. The van der Waals surface area contributed by atoms with Gasteiger partial charge in [-0.15, -0.1) is 11.3 Å². The van der Waals surface area contributed by atoms with Crippen LogP contribution < -0.4 is 4.90 Å². The van der Waals surface area contributed by atoms with E-state index in [1.807, 2.05) is 18.4 Å². The zero-order valence-electron chi connectivity index (χ0n) is 13.1. The zero-order valence-corrected chi connectivity index (χ0v) is 13.9. The van der Waals surface area contributed by atoms with Crippen LogP contribution in [0.2, 0.25) is 0 Å². The third-order valence-corrected chi connectivity index (χ3v) is 5.57. The van der Waals surface area contributed by atoms with Gasteiger partial charge in [-0.3, -0.25) is 0 Å². The minimum Gasteiger partial charge on any atom is -0.396 e. The smallest absolute Gasteiger partial charge is 0.141 e. The maximum absolute atomic E-state index is 10.6. The van der Waals surface area contributed by atoms with Gasteiger partial charge in [0.15, 0.2) is 0 Å². The number of rotatable bonds is 4. The third-order valence-electron chi connectivity index (χ3n) is 4.76. The van der Waals surface area contributed by atoms with E-state index in [9.17, 15) is 10.2 Å². The molecular formula is C16H23N3O2S. The molecule has 1 fully saturated rings. The Kier molecular flexibility index (Phi) is 4.34. The van der Waals surface area contributed by atoms with E-state index in [-0.39, 0.29) is 12.0 Å². The number of anilines is 1. The fraction of sp³-hybridized carbons (Fsp3) is 0.625. The van der Waals surface area contributed by atoms with Crippen LogP contribution in [0.3, 0.4) is 0 Å². The molecule has 0 aromatic carbocycles. The van der Waals surface area contributed by atoms with Crippen molar-refractivity contribution in [1.29, 1.82) is 0 Å². The lowest BCUT2D eigenvalue weighted by Gasteiger charge is -2.45. The van der Waals surface area contributed by atoms with Crippen molar-refractivity contribution in [3.8, 4) is 0 Å². The topological polar surface area (TPSA) is 69.5 Å². The van der Waals surface area contributed by atoms with Gasteiger partial charge in [-0.1, -0.05) is 13.3 Å². The molecule has 0 aliphatic carbocycles. The number of aromatic nitrogens is 2. The Labute approximate surface area is 134 Å². The van der Waals surface area contributed by atoms with E-state index in [4.69, 9.17) is 0 Å². The van der Waals surface area contributed by atoms with E-state index in [1.165, 1.54) is 0 Å². The second-order valence-electron chi connectivity index (χ2n) is 6.22. The zero-order chi connectivity index (χ0) is 15.7. The summed E-state index contributed by atoms with van der Waals surface area (Å²) < 4.78 is 0. The van der Waals surface area contributed by atoms with Gasteiger partial charge in [0.2, 0.25) is 0 Å². The fourth-order valence-corrected chi connectivity index (χ4v) is 4.25. The van der Waals surface area contributed by atoms with Gasteiger partial charge in [0.25, 0.3) is 0 Å². The summed E-state index contributed by atoms with van der Waals surface area (Å²) >= 11 is 1.61. The van der Waals surface area contributed by atoms with Crippen molar-refractivity contribution < 1.29 is 10.2 Å². The predicted molar refractivity (Wildman–Crippen MR) is 89.4 cm³/mol. The van der Waals surface area contributed by atoms with Crippen LogP contribution in [0, 0.1) is 12.3 Å². The van der Waals surface area contributed by atoms with Crippen molar-refractivity contribution in [3.63, 3.8) is 0 Å². The quantitative estimate of drug-likeness (QED) is 0.904. The van der Waals surface area contributed by atoms with Crippen LogP contribution in [-0.4, -0.2) is 46.0 Å². The first-order valence-corrected chi connectivity index (χ1v) is 8.73. The average Bonchev–Trinajstić information content (AvgIpc) is 2.97. The highest BCUT2D eigenvalue weighted by atomic mass is 32.1. The minimum atomic E-state index is -0.532. The summed E-state index contributed by atoms with van der Waals surface area (Å²) in [7, 11) is 0. The number of hydrogen-bond donors (Lipinski definition) is 2. The molecule has 3 heterocycles. The molecule has 5 nitrogen and oxygen atoms in total. The molecule has 3 rings (SSSR count). The van der Waals surface area contributed by atoms with Crippen molar-refractivity contribution in [2.75, 3.05) is 24.6 Å². The lowest BCUT2D eigenvalue weighted by molar-refractivity contribution is -0.0371. The number of hydrogen-bond acceptors (Lipinski definition) is 6. The normalized spacial score (nSPS) is 25.8. The van der Waals surface area contributed by atoms with Gasteiger partial charge in [-0.05, 0) is 31.2 Å². The van der Waals surface area contributed by atoms with Gasteiger partial charge < -0.3 is 15.1 Å². The molecule has 2 aromatic rings.